The number of hydrogen-bond acceptors (Lipinski definition) is 3. The Kier molecular flexibility index (Phi) is 4.10. The second-order valence-electron chi connectivity index (χ2n) is 4.74. The Labute approximate surface area is 134 Å². The summed E-state index contributed by atoms with van der Waals surface area (Å²) in [5.74, 6) is -0.0419. The highest BCUT2D eigenvalue weighted by atomic mass is 79.9. The first-order chi connectivity index (χ1) is 9.65. The lowest BCUT2D eigenvalue weighted by molar-refractivity contribution is 0.0731. The van der Waals surface area contributed by atoms with Gasteiger partial charge < -0.3 is 4.90 Å². The van der Waals surface area contributed by atoms with E-state index in [0.717, 1.165) is 17.3 Å². The van der Waals surface area contributed by atoms with Gasteiger partial charge in [0.25, 0.3) is 5.91 Å². The molecular weight excluding hydrogens is 360 g/mol. The molecule has 104 valence electrons. The normalized spacial score (nSPS) is 14.3. The van der Waals surface area contributed by atoms with Gasteiger partial charge in [-0.1, -0.05) is 17.7 Å². The summed E-state index contributed by atoms with van der Waals surface area (Å²) in [5.41, 5.74) is 0.462. The Morgan fingerprint density at radius 3 is 3.00 bits per heavy atom. The van der Waals surface area contributed by atoms with Gasteiger partial charge in [0.2, 0.25) is 0 Å². The van der Waals surface area contributed by atoms with Crippen LogP contribution in [0.1, 0.15) is 28.1 Å². The van der Waals surface area contributed by atoms with Crippen LogP contribution in [0.2, 0.25) is 5.15 Å². The van der Waals surface area contributed by atoms with Crippen LogP contribution in [0.4, 0.5) is 0 Å². The quantitative estimate of drug-likeness (QED) is 0.748. The number of hydrogen-bond donors (Lipinski definition) is 0. The van der Waals surface area contributed by atoms with Crippen molar-refractivity contribution in [2.75, 3.05) is 0 Å². The minimum Gasteiger partial charge on any atom is -0.330 e. The third-order valence-electron chi connectivity index (χ3n) is 3.19. The highest BCUT2D eigenvalue weighted by Crippen LogP contribution is 2.32. The van der Waals surface area contributed by atoms with E-state index in [1.54, 1.807) is 23.6 Å². The maximum atomic E-state index is 12.7. The first-order valence-electron chi connectivity index (χ1n) is 6.29. The maximum Gasteiger partial charge on any atom is 0.257 e. The zero-order valence-electron chi connectivity index (χ0n) is 10.6. The Hall–Kier alpha value is -0.910. The molecule has 0 N–H and O–H groups in total. The Morgan fingerprint density at radius 1 is 1.55 bits per heavy atom. The minimum absolute atomic E-state index is 0.0419. The number of rotatable bonds is 4. The lowest BCUT2D eigenvalue weighted by atomic mass is 10.2. The van der Waals surface area contributed by atoms with E-state index >= 15 is 0 Å². The number of carbonyl (C=O) groups is 1. The van der Waals surface area contributed by atoms with Crippen LogP contribution in [-0.4, -0.2) is 21.8 Å². The van der Waals surface area contributed by atoms with Crippen molar-refractivity contribution in [3.05, 3.63) is 49.8 Å². The lowest BCUT2D eigenvalue weighted by Crippen LogP contribution is -2.32. The molecule has 1 amide bonds. The Bertz CT molecular complexity index is 628. The summed E-state index contributed by atoms with van der Waals surface area (Å²) in [5, 5.41) is 2.29. The van der Waals surface area contributed by atoms with Crippen LogP contribution in [0.5, 0.6) is 0 Å². The number of thiophene rings is 1. The Morgan fingerprint density at radius 2 is 2.35 bits per heavy atom. The van der Waals surface area contributed by atoms with Gasteiger partial charge in [0.1, 0.15) is 5.15 Å². The van der Waals surface area contributed by atoms with Crippen molar-refractivity contribution in [3.8, 4) is 0 Å². The van der Waals surface area contributed by atoms with Crippen LogP contribution in [0.15, 0.2) is 34.2 Å². The molecule has 20 heavy (non-hydrogen) atoms. The molecule has 1 saturated carbocycles. The second kappa shape index (κ2) is 5.84. The summed E-state index contributed by atoms with van der Waals surface area (Å²) in [4.78, 5) is 19.8. The fourth-order valence-corrected chi connectivity index (χ4v) is 3.27. The molecule has 1 fully saturated rings. The predicted molar refractivity (Wildman–Crippen MR) is 84.2 cm³/mol. The van der Waals surface area contributed by atoms with Gasteiger partial charge in [-0.25, -0.2) is 4.98 Å². The van der Waals surface area contributed by atoms with E-state index in [2.05, 4.69) is 20.9 Å². The van der Waals surface area contributed by atoms with Gasteiger partial charge in [0.15, 0.2) is 0 Å². The fourth-order valence-electron chi connectivity index (χ4n) is 2.05. The summed E-state index contributed by atoms with van der Waals surface area (Å²) in [6, 6.07) is 6.12. The number of halogens is 2. The minimum atomic E-state index is -0.0419. The van der Waals surface area contributed by atoms with Crippen LogP contribution in [0.3, 0.4) is 0 Å². The second-order valence-corrected chi connectivity index (χ2v) is 7.04. The first-order valence-corrected chi connectivity index (χ1v) is 8.34. The molecule has 3 nitrogen and oxygen atoms in total. The third-order valence-corrected chi connectivity index (χ3v) is 4.79. The number of nitrogens with zero attached hydrogens (tertiary/aromatic N) is 2. The molecule has 0 unspecified atom stereocenters. The molecule has 0 aromatic carbocycles. The Balaban J connectivity index is 1.87. The van der Waals surface area contributed by atoms with Gasteiger partial charge in [-0.2, -0.15) is 0 Å². The topological polar surface area (TPSA) is 33.2 Å². The maximum absolute atomic E-state index is 12.7. The van der Waals surface area contributed by atoms with Crippen LogP contribution >= 0.6 is 38.9 Å². The van der Waals surface area contributed by atoms with Gasteiger partial charge in [0.05, 0.1) is 12.1 Å². The van der Waals surface area contributed by atoms with Crippen LogP contribution in [-0.2, 0) is 6.54 Å². The zero-order valence-corrected chi connectivity index (χ0v) is 13.7. The molecule has 3 rings (SSSR count). The standard InChI is InChI=1S/C14H12BrClN2OS/c15-9-6-12(13(16)17-7-9)14(19)18(10-3-4-10)8-11-2-1-5-20-11/h1-2,5-7,10H,3-4,8H2. The van der Waals surface area contributed by atoms with Crippen molar-refractivity contribution in [2.45, 2.75) is 25.4 Å². The zero-order chi connectivity index (χ0) is 14.1. The number of carbonyl (C=O) groups excluding carboxylic acids is 1. The van der Waals surface area contributed by atoms with Gasteiger partial charge in [-0.3, -0.25) is 4.79 Å². The van der Waals surface area contributed by atoms with E-state index in [0.29, 0.717) is 18.2 Å². The van der Waals surface area contributed by atoms with Gasteiger partial charge in [-0.15, -0.1) is 11.3 Å². The predicted octanol–water partition coefficient (Wildman–Crippen LogP) is 4.36. The average molecular weight is 372 g/mol. The molecule has 0 atom stereocenters. The van der Waals surface area contributed by atoms with E-state index in [4.69, 9.17) is 11.6 Å². The van der Waals surface area contributed by atoms with E-state index < -0.39 is 0 Å². The van der Waals surface area contributed by atoms with Crippen molar-refractivity contribution >= 4 is 44.8 Å². The third kappa shape index (κ3) is 3.05. The SMILES string of the molecule is O=C(c1cc(Br)cnc1Cl)N(Cc1cccs1)C1CC1. The summed E-state index contributed by atoms with van der Waals surface area (Å²) < 4.78 is 0.761. The number of pyridine rings is 1. The molecule has 0 spiro atoms. The average Bonchev–Trinajstić information content (AvgIpc) is 3.15. The lowest BCUT2D eigenvalue weighted by Gasteiger charge is -2.22. The van der Waals surface area contributed by atoms with Gasteiger partial charge in [-0.05, 0) is 46.3 Å². The van der Waals surface area contributed by atoms with Crippen LogP contribution in [0, 0.1) is 0 Å². The number of amides is 1. The molecule has 0 saturated heterocycles. The van der Waals surface area contributed by atoms with E-state index in [1.807, 2.05) is 22.4 Å². The molecule has 1 aliphatic carbocycles. The van der Waals surface area contributed by atoms with Crippen LogP contribution in [0.25, 0.3) is 0 Å². The molecular formula is C14H12BrClN2OS. The summed E-state index contributed by atoms with van der Waals surface area (Å²) in [6.45, 7) is 0.643. The summed E-state index contributed by atoms with van der Waals surface area (Å²) in [7, 11) is 0. The monoisotopic (exact) mass is 370 g/mol. The van der Waals surface area contributed by atoms with E-state index in [9.17, 15) is 4.79 Å². The van der Waals surface area contributed by atoms with Crippen molar-refractivity contribution in [2.24, 2.45) is 0 Å². The molecule has 0 radical (unpaired) electrons. The van der Waals surface area contributed by atoms with Gasteiger partial charge >= 0.3 is 0 Å². The smallest absolute Gasteiger partial charge is 0.257 e. The summed E-state index contributed by atoms with van der Waals surface area (Å²) >= 11 is 11.1. The number of aromatic nitrogens is 1. The molecule has 6 heteroatoms. The molecule has 1 aliphatic rings. The highest BCUT2D eigenvalue weighted by Gasteiger charge is 2.34. The largest absolute Gasteiger partial charge is 0.330 e. The van der Waals surface area contributed by atoms with E-state index in [1.165, 1.54) is 4.88 Å². The molecule has 0 bridgehead atoms. The van der Waals surface area contributed by atoms with Crippen LogP contribution < -0.4 is 0 Å². The highest BCUT2D eigenvalue weighted by molar-refractivity contribution is 9.10. The molecule has 2 heterocycles. The molecule has 0 aliphatic heterocycles. The van der Waals surface area contributed by atoms with Crippen molar-refractivity contribution < 1.29 is 4.79 Å². The molecule has 2 aromatic rings. The first kappa shape index (κ1) is 14.0. The van der Waals surface area contributed by atoms with Crippen molar-refractivity contribution in [3.63, 3.8) is 0 Å². The molecule has 2 aromatic heterocycles. The van der Waals surface area contributed by atoms with Gasteiger partial charge in [0, 0.05) is 21.6 Å². The summed E-state index contributed by atoms with van der Waals surface area (Å²) in [6.07, 6.45) is 3.73. The van der Waals surface area contributed by atoms with Crippen molar-refractivity contribution in [1.29, 1.82) is 0 Å². The van der Waals surface area contributed by atoms with E-state index in [-0.39, 0.29) is 11.1 Å². The van der Waals surface area contributed by atoms with Crippen molar-refractivity contribution in [1.82, 2.24) is 9.88 Å². The fraction of sp³-hybridized carbons (Fsp3) is 0.286.